The van der Waals surface area contributed by atoms with Crippen molar-refractivity contribution in [3.8, 4) is 11.1 Å². The van der Waals surface area contributed by atoms with Gasteiger partial charge in [0.2, 0.25) is 0 Å². The quantitative estimate of drug-likeness (QED) is 0.344. The summed E-state index contributed by atoms with van der Waals surface area (Å²) in [7, 11) is 0. The van der Waals surface area contributed by atoms with Gasteiger partial charge in [-0.25, -0.2) is 9.37 Å². The molecular weight excluding hydrogens is 519 g/mol. The molecule has 3 aromatic carbocycles. The van der Waals surface area contributed by atoms with Gasteiger partial charge in [-0.1, -0.05) is 42.5 Å². The second-order valence-corrected chi connectivity index (χ2v) is 10.3. The van der Waals surface area contributed by atoms with Crippen LogP contribution in [0.2, 0.25) is 0 Å². The highest BCUT2D eigenvalue weighted by Crippen LogP contribution is 2.37. The Morgan fingerprint density at radius 3 is 2.63 bits per heavy atom. The Labute approximate surface area is 238 Å². The highest BCUT2D eigenvalue weighted by Gasteiger charge is 2.27. The molecule has 0 saturated carbocycles. The molecule has 7 nitrogen and oxygen atoms in total. The third-order valence-corrected chi connectivity index (χ3v) is 7.66. The van der Waals surface area contributed by atoms with Crippen LogP contribution in [-0.4, -0.2) is 49.6 Å². The van der Waals surface area contributed by atoms with E-state index in [1.54, 1.807) is 36.1 Å². The fraction of sp³-hybridized carbons (Fsp3) is 0.242. The number of hydrogen-bond acceptors (Lipinski definition) is 5. The SMILES string of the molecule is Cc1cccc(F)c1NC(=O)c1ccc2c(c1)CCN(C(=O)c1cccc(N3CCCOCC3)n1)c1ccccc1-2. The van der Waals surface area contributed by atoms with Crippen molar-refractivity contribution in [2.75, 3.05) is 48.0 Å². The monoisotopic (exact) mass is 550 g/mol. The van der Waals surface area contributed by atoms with Crippen LogP contribution in [0.4, 0.5) is 21.6 Å². The molecule has 1 saturated heterocycles. The molecule has 0 bridgehead atoms. The van der Waals surface area contributed by atoms with Crippen molar-refractivity contribution in [3.63, 3.8) is 0 Å². The summed E-state index contributed by atoms with van der Waals surface area (Å²) in [6, 6.07) is 23.6. The summed E-state index contributed by atoms with van der Waals surface area (Å²) in [5, 5.41) is 2.72. The average Bonchev–Trinajstić information content (AvgIpc) is 3.37. The number of fused-ring (bicyclic) bond motifs is 3. The molecule has 2 amide bonds. The molecule has 1 aromatic heterocycles. The smallest absolute Gasteiger partial charge is 0.276 e. The minimum atomic E-state index is -0.474. The lowest BCUT2D eigenvalue weighted by molar-refractivity contribution is 0.0981. The third kappa shape index (κ3) is 5.43. The highest BCUT2D eigenvalue weighted by atomic mass is 19.1. The maximum atomic E-state index is 14.4. The molecule has 208 valence electrons. The number of hydrogen-bond donors (Lipinski definition) is 1. The van der Waals surface area contributed by atoms with Gasteiger partial charge >= 0.3 is 0 Å². The van der Waals surface area contributed by atoms with Crippen molar-refractivity contribution in [1.82, 2.24) is 4.98 Å². The average molecular weight is 551 g/mol. The number of amides is 2. The van der Waals surface area contributed by atoms with Crippen LogP contribution in [-0.2, 0) is 11.2 Å². The number of ether oxygens (including phenoxy) is 1. The largest absolute Gasteiger partial charge is 0.380 e. The molecule has 8 heteroatoms. The van der Waals surface area contributed by atoms with Crippen molar-refractivity contribution in [1.29, 1.82) is 0 Å². The fourth-order valence-electron chi connectivity index (χ4n) is 5.51. The minimum absolute atomic E-state index is 0.175. The van der Waals surface area contributed by atoms with Gasteiger partial charge in [0.1, 0.15) is 17.3 Å². The summed E-state index contributed by atoms with van der Waals surface area (Å²) in [4.78, 5) is 35.7. The first-order valence-corrected chi connectivity index (χ1v) is 13.9. The Kier molecular flexibility index (Phi) is 7.48. The van der Waals surface area contributed by atoms with E-state index in [0.717, 1.165) is 54.3 Å². The number of aromatic nitrogens is 1. The number of carbonyl (C=O) groups is 2. The summed E-state index contributed by atoms with van der Waals surface area (Å²) in [5.41, 5.74) is 5.25. The predicted octanol–water partition coefficient (Wildman–Crippen LogP) is 5.88. The molecule has 6 rings (SSSR count). The van der Waals surface area contributed by atoms with E-state index in [9.17, 15) is 14.0 Å². The maximum Gasteiger partial charge on any atom is 0.276 e. The van der Waals surface area contributed by atoms with Gasteiger partial charge in [-0.2, -0.15) is 0 Å². The van der Waals surface area contributed by atoms with Gasteiger partial charge < -0.3 is 19.9 Å². The van der Waals surface area contributed by atoms with E-state index < -0.39 is 5.82 Å². The Bertz CT molecular complexity index is 1590. The molecule has 1 N–H and O–H groups in total. The van der Waals surface area contributed by atoms with Crippen LogP contribution >= 0.6 is 0 Å². The zero-order valence-electron chi connectivity index (χ0n) is 22.9. The predicted molar refractivity (Wildman–Crippen MR) is 158 cm³/mol. The van der Waals surface area contributed by atoms with Crippen molar-refractivity contribution in [2.45, 2.75) is 19.8 Å². The molecule has 0 unspecified atom stereocenters. The van der Waals surface area contributed by atoms with E-state index >= 15 is 0 Å². The van der Waals surface area contributed by atoms with E-state index in [0.29, 0.717) is 36.4 Å². The number of pyridine rings is 1. The summed E-state index contributed by atoms with van der Waals surface area (Å²) >= 11 is 0. The van der Waals surface area contributed by atoms with Crippen LogP contribution in [0.25, 0.3) is 11.1 Å². The molecule has 2 aliphatic heterocycles. The maximum absolute atomic E-state index is 14.4. The summed E-state index contributed by atoms with van der Waals surface area (Å²) in [5.74, 6) is -0.260. The normalized spacial score (nSPS) is 14.9. The minimum Gasteiger partial charge on any atom is -0.380 e. The summed E-state index contributed by atoms with van der Waals surface area (Å²) < 4.78 is 19.9. The second-order valence-electron chi connectivity index (χ2n) is 10.3. The zero-order valence-corrected chi connectivity index (χ0v) is 22.9. The number of aryl methyl sites for hydroxylation is 1. The molecule has 0 atom stereocenters. The van der Waals surface area contributed by atoms with Gasteiger partial charge in [0, 0.05) is 37.4 Å². The van der Waals surface area contributed by atoms with Crippen LogP contribution < -0.4 is 15.1 Å². The number of carbonyl (C=O) groups excluding carboxylic acids is 2. The number of rotatable bonds is 4. The Balaban J connectivity index is 1.29. The van der Waals surface area contributed by atoms with E-state index in [4.69, 9.17) is 9.72 Å². The molecular formula is C33H31FN4O3. The number of benzene rings is 3. The van der Waals surface area contributed by atoms with Gasteiger partial charge in [0.05, 0.1) is 18.0 Å². The molecule has 41 heavy (non-hydrogen) atoms. The van der Waals surface area contributed by atoms with Crippen molar-refractivity contribution in [2.24, 2.45) is 0 Å². The number of nitrogens with one attached hydrogen (secondary N) is 1. The first-order valence-electron chi connectivity index (χ1n) is 13.9. The van der Waals surface area contributed by atoms with Crippen LogP contribution in [0.5, 0.6) is 0 Å². The highest BCUT2D eigenvalue weighted by molar-refractivity contribution is 6.08. The van der Waals surface area contributed by atoms with E-state index in [-0.39, 0.29) is 17.5 Å². The molecule has 2 aliphatic rings. The number of anilines is 3. The topological polar surface area (TPSA) is 74.8 Å². The standard InChI is InChI=1S/C33H31FN4O3/c1-22-7-4-9-27(34)31(22)36-32(39)24-13-14-25-23(21-24)15-17-38(29-11-3-2-8-26(25)29)33(40)28-10-5-12-30(35-28)37-16-6-19-41-20-18-37/h2-5,7-14,21H,6,15-20H2,1H3,(H,36,39). The van der Waals surface area contributed by atoms with Gasteiger partial charge in [0.25, 0.3) is 11.8 Å². The summed E-state index contributed by atoms with van der Waals surface area (Å²) in [6.07, 6.45) is 1.45. The Morgan fingerprint density at radius 2 is 1.76 bits per heavy atom. The summed E-state index contributed by atoms with van der Waals surface area (Å²) in [6.45, 7) is 5.11. The third-order valence-electron chi connectivity index (χ3n) is 7.66. The molecule has 3 heterocycles. The first kappa shape index (κ1) is 26.7. The molecule has 1 fully saturated rings. The van der Waals surface area contributed by atoms with Crippen molar-refractivity contribution >= 4 is 29.0 Å². The number of halogens is 1. The van der Waals surface area contributed by atoms with Gasteiger partial charge in [-0.05, 0) is 72.9 Å². The van der Waals surface area contributed by atoms with E-state index in [1.165, 1.54) is 6.07 Å². The fourth-order valence-corrected chi connectivity index (χ4v) is 5.51. The van der Waals surface area contributed by atoms with Crippen molar-refractivity contribution in [3.05, 3.63) is 107 Å². The lowest BCUT2D eigenvalue weighted by atomic mass is 9.95. The van der Waals surface area contributed by atoms with E-state index in [2.05, 4.69) is 10.2 Å². The van der Waals surface area contributed by atoms with Crippen LogP contribution in [0, 0.1) is 12.7 Å². The first-order chi connectivity index (χ1) is 20.0. The van der Waals surface area contributed by atoms with Crippen LogP contribution in [0.3, 0.4) is 0 Å². The van der Waals surface area contributed by atoms with Gasteiger partial charge in [-0.3, -0.25) is 9.59 Å². The second kappa shape index (κ2) is 11.5. The van der Waals surface area contributed by atoms with E-state index in [1.807, 2.05) is 48.5 Å². The van der Waals surface area contributed by atoms with Gasteiger partial charge in [0.15, 0.2) is 0 Å². The molecule has 0 radical (unpaired) electrons. The van der Waals surface area contributed by atoms with Crippen LogP contribution in [0.15, 0.2) is 78.9 Å². The molecule has 0 spiro atoms. The number of nitrogens with zero attached hydrogens (tertiary/aromatic N) is 3. The molecule has 0 aliphatic carbocycles. The Hall–Kier alpha value is -4.56. The molecule has 4 aromatic rings. The van der Waals surface area contributed by atoms with Crippen LogP contribution in [0.1, 0.15) is 38.4 Å². The van der Waals surface area contributed by atoms with Crippen molar-refractivity contribution < 1.29 is 18.7 Å². The Morgan fingerprint density at radius 1 is 0.902 bits per heavy atom. The number of para-hydroxylation sites is 2. The van der Waals surface area contributed by atoms with Gasteiger partial charge in [-0.15, -0.1) is 0 Å². The zero-order chi connectivity index (χ0) is 28.3. The lowest BCUT2D eigenvalue weighted by Crippen LogP contribution is -2.34. The lowest BCUT2D eigenvalue weighted by Gasteiger charge is -2.24.